The fraction of sp³-hybridized carbons (Fsp3) is 0.478. The molecule has 1 aliphatic heterocycles. The van der Waals surface area contributed by atoms with Crippen molar-refractivity contribution in [2.45, 2.75) is 31.8 Å². The Morgan fingerprint density at radius 3 is 2.56 bits per heavy atom. The summed E-state index contributed by atoms with van der Waals surface area (Å²) in [5.41, 5.74) is -1.23. The predicted molar refractivity (Wildman–Crippen MR) is 123 cm³/mol. The number of hydrogen-bond donors (Lipinski definition) is 2. The number of carbonyl (C=O) groups excluding carboxylic acids is 2. The van der Waals surface area contributed by atoms with E-state index in [1.54, 1.807) is 11.8 Å². The Morgan fingerprint density at radius 2 is 1.91 bits per heavy atom. The van der Waals surface area contributed by atoms with Gasteiger partial charge in [0.25, 0.3) is 5.56 Å². The first-order chi connectivity index (χ1) is 16.4. The molecule has 184 valence electrons. The molecule has 0 aliphatic carbocycles. The molecule has 2 N–H and O–H groups in total. The van der Waals surface area contributed by atoms with E-state index in [0.29, 0.717) is 25.9 Å². The van der Waals surface area contributed by atoms with Crippen molar-refractivity contribution < 1.29 is 28.9 Å². The van der Waals surface area contributed by atoms with E-state index in [1.165, 1.54) is 0 Å². The number of piperidine rings is 1. The highest BCUT2D eigenvalue weighted by Gasteiger charge is 2.41. The summed E-state index contributed by atoms with van der Waals surface area (Å²) in [7, 11) is 0. The van der Waals surface area contributed by atoms with E-state index in [-0.39, 0.29) is 38.1 Å². The summed E-state index contributed by atoms with van der Waals surface area (Å²) in [4.78, 5) is 45.6. The van der Waals surface area contributed by atoms with E-state index in [9.17, 15) is 19.5 Å². The average Bonchev–Trinajstić information content (AvgIpc) is 2.85. The summed E-state index contributed by atoms with van der Waals surface area (Å²) in [5, 5.41) is 10.1. The Kier molecular flexibility index (Phi) is 8.89. The van der Waals surface area contributed by atoms with Crippen LogP contribution in [0.2, 0.25) is 0 Å². The second-order valence-electron chi connectivity index (χ2n) is 7.88. The van der Waals surface area contributed by atoms with Crippen LogP contribution in [-0.2, 0) is 26.2 Å². The van der Waals surface area contributed by atoms with Crippen LogP contribution in [-0.4, -0.2) is 70.8 Å². The molecule has 0 unspecified atom stereocenters. The summed E-state index contributed by atoms with van der Waals surface area (Å²) in [5.74, 6) is -1.24. The van der Waals surface area contributed by atoms with E-state index >= 15 is 0 Å². The molecular weight excluding hydrogens is 466 g/mol. The van der Waals surface area contributed by atoms with E-state index in [2.05, 4.69) is 9.97 Å². The summed E-state index contributed by atoms with van der Waals surface area (Å²) in [6.07, 6.45) is 0.315. The largest absolute Gasteiger partial charge is 0.501 e. The number of halogens is 1. The lowest BCUT2D eigenvalue weighted by Gasteiger charge is -2.40. The van der Waals surface area contributed by atoms with E-state index < -0.39 is 34.5 Å². The van der Waals surface area contributed by atoms with Crippen LogP contribution >= 0.6 is 11.6 Å². The summed E-state index contributed by atoms with van der Waals surface area (Å²) < 4.78 is 16.0. The highest BCUT2D eigenvalue weighted by atomic mass is 35.5. The van der Waals surface area contributed by atoms with Gasteiger partial charge < -0.3 is 29.2 Å². The van der Waals surface area contributed by atoms with Crippen LogP contribution in [0.4, 0.5) is 4.79 Å². The quantitative estimate of drug-likeness (QED) is 0.309. The molecule has 0 radical (unpaired) electrons. The van der Waals surface area contributed by atoms with Crippen molar-refractivity contribution in [1.29, 1.82) is 0 Å². The zero-order valence-corrected chi connectivity index (χ0v) is 19.7. The SMILES string of the molecule is CCOC(=O)c1nc(C2(COCCCl)CCN(C(=O)OCc3ccccc3)CC2)[nH]c(=O)c1O. The fourth-order valence-corrected chi connectivity index (χ4v) is 3.87. The molecule has 1 aromatic heterocycles. The number of nitrogens with zero attached hydrogens (tertiary/aromatic N) is 2. The van der Waals surface area contributed by atoms with Crippen LogP contribution in [0.3, 0.4) is 0 Å². The first kappa shape index (κ1) is 25.5. The highest BCUT2D eigenvalue weighted by Crippen LogP contribution is 2.34. The van der Waals surface area contributed by atoms with Crippen molar-refractivity contribution in [3.8, 4) is 5.75 Å². The van der Waals surface area contributed by atoms with Crippen LogP contribution in [0.5, 0.6) is 5.75 Å². The van der Waals surface area contributed by atoms with Gasteiger partial charge in [0.2, 0.25) is 5.75 Å². The molecule has 10 nitrogen and oxygen atoms in total. The second-order valence-corrected chi connectivity index (χ2v) is 8.26. The lowest BCUT2D eigenvalue weighted by Crippen LogP contribution is -2.49. The maximum absolute atomic E-state index is 12.6. The third-order valence-corrected chi connectivity index (χ3v) is 5.80. The van der Waals surface area contributed by atoms with Crippen molar-refractivity contribution in [2.75, 3.05) is 38.8 Å². The Labute approximate surface area is 201 Å². The van der Waals surface area contributed by atoms with Gasteiger partial charge >= 0.3 is 12.1 Å². The number of hydrogen-bond acceptors (Lipinski definition) is 8. The molecule has 2 heterocycles. The third kappa shape index (κ3) is 6.06. The minimum Gasteiger partial charge on any atom is -0.501 e. The van der Waals surface area contributed by atoms with E-state index in [1.807, 2.05) is 30.3 Å². The average molecular weight is 494 g/mol. The molecule has 0 saturated carbocycles. The fourth-order valence-electron chi connectivity index (χ4n) is 3.76. The molecule has 34 heavy (non-hydrogen) atoms. The zero-order valence-electron chi connectivity index (χ0n) is 18.9. The number of esters is 1. The van der Waals surface area contributed by atoms with Gasteiger partial charge in [0.15, 0.2) is 5.69 Å². The van der Waals surface area contributed by atoms with Gasteiger partial charge in [-0.25, -0.2) is 14.6 Å². The number of benzene rings is 1. The molecule has 0 bridgehead atoms. The Hall–Kier alpha value is -3.11. The topological polar surface area (TPSA) is 131 Å². The van der Waals surface area contributed by atoms with Gasteiger partial charge in [-0.1, -0.05) is 30.3 Å². The molecule has 1 fully saturated rings. The van der Waals surface area contributed by atoms with Crippen molar-refractivity contribution in [3.63, 3.8) is 0 Å². The number of alkyl halides is 1. The van der Waals surface area contributed by atoms with Gasteiger partial charge in [-0.2, -0.15) is 0 Å². The maximum atomic E-state index is 12.6. The van der Waals surface area contributed by atoms with E-state index in [0.717, 1.165) is 5.56 Å². The van der Waals surface area contributed by atoms with Crippen LogP contribution in [0, 0.1) is 0 Å². The van der Waals surface area contributed by atoms with Crippen molar-refractivity contribution in [3.05, 3.63) is 57.8 Å². The molecule has 0 spiro atoms. The maximum Gasteiger partial charge on any atom is 0.410 e. The Bertz CT molecular complexity index is 1040. The highest BCUT2D eigenvalue weighted by molar-refractivity contribution is 6.17. The zero-order chi connectivity index (χ0) is 24.6. The lowest BCUT2D eigenvalue weighted by molar-refractivity contribution is 0.0368. The minimum absolute atomic E-state index is 0.0616. The molecule has 2 aromatic rings. The number of rotatable bonds is 9. The normalized spacial score (nSPS) is 15.1. The van der Waals surface area contributed by atoms with Crippen LogP contribution < -0.4 is 5.56 Å². The number of amides is 1. The standard InChI is InChI=1S/C23H28ClN3O7/c1-2-33-20(30)17-18(28)19(29)26-21(25-17)23(15-32-13-10-24)8-11-27(12-9-23)22(31)34-14-16-6-4-3-5-7-16/h3-7,28H,2,8-15H2,1H3,(H,25,26,29). The van der Waals surface area contributed by atoms with E-state index in [4.69, 9.17) is 25.8 Å². The molecule has 11 heteroatoms. The lowest BCUT2D eigenvalue weighted by atomic mass is 9.78. The summed E-state index contributed by atoms with van der Waals surface area (Å²) >= 11 is 5.75. The number of carbonyl (C=O) groups is 2. The molecular formula is C23H28ClN3O7. The van der Waals surface area contributed by atoms with Gasteiger partial charge in [-0.3, -0.25) is 4.79 Å². The van der Waals surface area contributed by atoms with Gasteiger partial charge in [0.05, 0.1) is 25.2 Å². The molecule has 1 amide bonds. The van der Waals surface area contributed by atoms with Gasteiger partial charge in [0.1, 0.15) is 12.4 Å². The van der Waals surface area contributed by atoms with Gasteiger partial charge in [-0.05, 0) is 25.3 Å². The van der Waals surface area contributed by atoms with Crippen LogP contribution in [0.25, 0.3) is 0 Å². The number of aromatic amines is 1. The van der Waals surface area contributed by atoms with Crippen molar-refractivity contribution in [1.82, 2.24) is 14.9 Å². The van der Waals surface area contributed by atoms with Crippen LogP contribution in [0.15, 0.2) is 35.1 Å². The van der Waals surface area contributed by atoms with Crippen molar-refractivity contribution >= 4 is 23.7 Å². The van der Waals surface area contributed by atoms with Crippen molar-refractivity contribution in [2.24, 2.45) is 0 Å². The minimum atomic E-state index is -0.897. The van der Waals surface area contributed by atoms with Gasteiger partial charge in [0, 0.05) is 19.0 Å². The monoisotopic (exact) mass is 493 g/mol. The molecule has 1 saturated heterocycles. The Balaban J connectivity index is 1.78. The Morgan fingerprint density at radius 1 is 1.21 bits per heavy atom. The number of aromatic hydroxyl groups is 1. The van der Waals surface area contributed by atoms with Crippen LogP contribution in [0.1, 0.15) is 41.6 Å². The third-order valence-electron chi connectivity index (χ3n) is 5.65. The number of likely N-dealkylation sites (tertiary alicyclic amines) is 1. The predicted octanol–water partition coefficient (Wildman–Crippen LogP) is 2.58. The number of nitrogens with one attached hydrogen (secondary N) is 1. The smallest absolute Gasteiger partial charge is 0.410 e. The first-order valence-corrected chi connectivity index (χ1v) is 11.5. The number of H-pyrrole nitrogens is 1. The number of ether oxygens (including phenoxy) is 3. The first-order valence-electron chi connectivity index (χ1n) is 11.0. The number of aromatic nitrogens is 2. The molecule has 1 aromatic carbocycles. The molecule has 1 aliphatic rings. The van der Waals surface area contributed by atoms with Gasteiger partial charge in [-0.15, -0.1) is 11.6 Å². The summed E-state index contributed by atoms with van der Waals surface area (Å²) in [6.45, 7) is 2.90. The molecule has 0 atom stereocenters. The second kappa shape index (κ2) is 11.8. The summed E-state index contributed by atoms with van der Waals surface area (Å²) in [6, 6.07) is 9.37. The molecule has 3 rings (SSSR count).